The highest BCUT2D eigenvalue weighted by atomic mass is 32.2. The first kappa shape index (κ1) is 33.1. The fourth-order valence-electron chi connectivity index (χ4n) is 4.80. The number of nitrogens with one attached hydrogen (secondary N) is 2. The molecule has 4 rings (SSSR count). The highest BCUT2D eigenvalue weighted by Crippen LogP contribution is 2.39. The molecule has 0 radical (unpaired) electrons. The molecule has 234 valence electrons. The predicted octanol–water partition coefficient (Wildman–Crippen LogP) is 4.92. The second-order valence-electron chi connectivity index (χ2n) is 10.6. The summed E-state index contributed by atoms with van der Waals surface area (Å²) in [6.07, 6.45) is 3.90. The largest absolute Gasteiger partial charge is 0.478 e. The van der Waals surface area contributed by atoms with Crippen LogP contribution >= 0.6 is 11.8 Å². The molecule has 0 saturated carbocycles. The summed E-state index contributed by atoms with van der Waals surface area (Å²) in [7, 11) is 0. The maximum atomic E-state index is 12.3. The minimum Gasteiger partial charge on any atom is -0.478 e. The fourth-order valence-corrected chi connectivity index (χ4v) is 5.80. The smallest absolute Gasteiger partial charge is 0.338 e. The van der Waals surface area contributed by atoms with E-state index >= 15 is 0 Å². The minimum atomic E-state index is -1.02. The van der Waals surface area contributed by atoms with Crippen LogP contribution in [0.1, 0.15) is 84.0 Å². The molecule has 1 saturated heterocycles. The number of ether oxygens (including phenoxy) is 2. The number of aliphatic hydroxyl groups is 1. The molecule has 0 bridgehead atoms. The molecule has 44 heavy (non-hydrogen) atoms. The first-order chi connectivity index (χ1) is 21.3. The van der Waals surface area contributed by atoms with Crippen molar-refractivity contribution < 1.29 is 34.1 Å². The van der Waals surface area contributed by atoms with Gasteiger partial charge in [0.15, 0.2) is 6.29 Å². The van der Waals surface area contributed by atoms with Crippen molar-refractivity contribution in [2.24, 2.45) is 0 Å². The normalized spacial score (nSPS) is 18.0. The summed E-state index contributed by atoms with van der Waals surface area (Å²) in [5.41, 5.74) is 3.70. The van der Waals surface area contributed by atoms with E-state index in [-0.39, 0.29) is 36.2 Å². The van der Waals surface area contributed by atoms with Gasteiger partial charge in [0, 0.05) is 50.4 Å². The third-order valence-electron chi connectivity index (χ3n) is 7.22. The number of rotatable bonds is 15. The Morgan fingerprint density at radius 3 is 2.36 bits per heavy atom. The molecular weight excluding hydrogens is 582 g/mol. The second-order valence-corrected chi connectivity index (χ2v) is 11.6. The zero-order chi connectivity index (χ0) is 31.3. The average Bonchev–Trinajstić information content (AvgIpc) is 3.04. The number of pyridine rings is 1. The lowest BCUT2D eigenvalue weighted by molar-refractivity contribution is -0.245. The third-order valence-corrected chi connectivity index (χ3v) is 8.36. The van der Waals surface area contributed by atoms with E-state index in [1.165, 1.54) is 24.8 Å². The van der Waals surface area contributed by atoms with Crippen molar-refractivity contribution in [3.63, 3.8) is 0 Å². The number of aromatic nitrogens is 1. The minimum absolute atomic E-state index is 0.0121. The quantitative estimate of drug-likeness (QED) is 0.137. The number of nitrogens with zero attached hydrogens (tertiary/aromatic N) is 1. The number of hydrogen-bond acceptors (Lipinski definition) is 8. The van der Waals surface area contributed by atoms with Crippen LogP contribution in [0.25, 0.3) is 0 Å². The number of amides is 2. The van der Waals surface area contributed by atoms with E-state index in [4.69, 9.17) is 9.47 Å². The lowest BCUT2D eigenvalue weighted by atomic mass is 10.0. The van der Waals surface area contributed by atoms with Crippen LogP contribution in [0.5, 0.6) is 0 Å². The van der Waals surface area contributed by atoms with E-state index in [0.717, 1.165) is 41.5 Å². The molecule has 3 atom stereocenters. The molecule has 0 spiro atoms. The average molecular weight is 622 g/mol. The van der Waals surface area contributed by atoms with Crippen LogP contribution < -0.4 is 10.6 Å². The van der Waals surface area contributed by atoms with Crippen LogP contribution in [0.4, 0.5) is 0 Å². The van der Waals surface area contributed by atoms with Gasteiger partial charge in [0.05, 0.1) is 24.4 Å². The number of aliphatic hydroxyl groups excluding tert-OH is 1. The van der Waals surface area contributed by atoms with Gasteiger partial charge in [0.2, 0.25) is 11.8 Å². The molecule has 10 nitrogen and oxygen atoms in total. The van der Waals surface area contributed by atoms with Gasteiger partial charge in [0.1, 0.15) is 5.03 Å². The first-order valence-corrected chi connectivity index (χ1v) is 15.7. The van der Waals surface area contributed by atoms with Crippen molar-refractivity contribution in [2.75, 3.05) is 12.3 Å². The molecule has 2 amide bonds. The lowest BCUT2D eigenvalue weighted by Gasteiger charge is -2.36. The molecule has 0 unspecified atom stereocenters. The summed E-state index contributed by atoms with van der Waals surface area (Å²) in [5.74, 6) is -0.593. The number of unbranched alkanes of at least 4 members (excludes halogenated alkanes) is 2. The van der Waals surface area contributed by atoms with Gasteiger partial charge in [-0.3, -0.25) is 9.59 Å². The Bertz CT molecular complexity index is 1380. The highest BCUT2D eigenvalue weighted by Gasteiger charge is 2.32. The number of thioether (sulfide) groups is 1. The molecule has 0 aliphatic carbocycles. The first-order valence-electron chi connectivity index (χ1n) is 14.7. The molecule has 4 N–H and O–H groups in total. The number of carboxylic acid groups (broad SMARTS) is 1. The Labute approximate surface area is 261 Å². The maximum absolute atomic E-state index is 12.3. The summed E-state index contributed by atoms with van der Waals surface area (Å²) in [4.78, 5) is 39.1. The molecule has 2 aromatic carbocycles. The van der Waals surface area contributed by atoms with Crippen molar-refractivity contribution in [3.05, 3.63) is 94.7 Å². The molecule has 2 heterocycles. The van der Waals surface area contributed by atoms with Crippen LogP contribution in [0.2, 0.25) is 0 Å². The zero-order valence-corrected chi connectivity index (χ0v) is 25.6. The summed E-state index contributed by atoms with van der Waals surface area (Å²) >= 11 is 1.34. The Hall–Kier alpha value is -3.77. The molecule has 1 aromatic heterocycles. The van der Waals surface area contributed by atoms with Gasteiger partial charge in [-0.25, -0.2) is 9.78 Å². The van der Waals surface area contributed by atoms with Gasteiger partial charge in [-0.1, -0.05) is 55.0 Å². The number of hydrogen-bond donors (Lipinski definition) is 4. The van der Waals surface area contributed by atoms with Crippen molar-refractivity contribution in [3.8, 4) is 0 Å². The topological polar surface area (TPSA) is 147 Å². The SMILES string of the molecule is CC(=O)NCCCCCC(=O)NCc1ccc([C@@H]2O[C@H](CSc3ncccc3C(=O)O)C[C@H](c3ccc(CO)cc3)O2)cc1. The van der Waals surface area contributed by atoms with Crippen LogP contribution in [0, 0.1) is 0 Å². The molecule has 1 fully saturated rings. The highest BCUT2D eigenvalue weighted by molar-refractivity contribution is 7.99. The number of carbonyl (C=O) groups is 3. The predicted molar refractivity (Wildman–Crippen MR) is 166 cm³/mol. The van der Waals surface area contributed by atoms with E-state index in [0.29, 0.717) is 36.7 Å². The maximum Gasteiger partial charge on any atom is 0.338 e. The second kappa shape index (κ2) is 16.9. The van der Waals surface area contributed by atoms with Gasteiger partial charge in [-0.2, -0.15) is 0 Å². The molecule has 1 aliphatic rings. The van der Waals surface area contributed by atoms with E-state index in [2.05, 4.69) is 15.6 Å². The summed E-state index contributed by atoms with van der Waals surface area (Å²) in [5, 5.41) is 25.1. The number of carboxylic acids is 1. The summed E-state index contributed by atoms with van der Waals surface area (Å²) in [6.45, 7) is 2.49. The standard InChI is InChI=1S/C33H39N3O7S/c1-22(38)34-16-4-2-3-7-30(39)36-19-23-8-14-26(15-9-23)33-42-27(21-44-31-28(32(40)41)6-5-17-35-31)18-29(43-33)25-12-10-24(20-37)11-13-25/h5-6,8-15,17,27,29,33,37H,2-4,7,16,18-21H2,1H3,(H,34,38)(H,36,39)(H,40,41)/t27-,29+,33+/m0/s1. The Morgan fingerprint density at radius 2 is 1.66 bits per heavy atom. The van der Waals surface area contributed by atoms with E-state index in [9.17, 15) is 24.6 Å². The Morgan fingerprint density at radius 1 is 0.932 bits per heavy atom. The summed E-state index contributed by atoms with van der Waals surface area (Å²) in [6, 6.07) is 18.5. The van der Waals surface area contributed by atoms with E-state index < -0.39 is 12.3 Å². The Balaban J connectivity index is 1.36. The van der Waals surface area contributed by atoms with Crippen LogP contribution in [-0.4, -0.2) is 51.4 Å². The van der Waals surface area contributed by atoms with Crippen molar-refractivity contribution >= 4 is 29.5 Å². The van der Waals surface area contributed by atoms with Gasteiger partial charge >= 0.3 is 5.97 Å². The van der Waals surface area contributed by atoms with Crippen LogP contribution in [0.15, 0.2) is 71.9 Å². The number of benzene rings is 2. The lowest BCUT2D eigenvalue weighted by Crippen LogP contribution is -2.31. The van der Waals surface area contributed by atoms with Crippen molar-refractivity contribution in [2.45, 2.75) is 75.7 Å². The number of aromatic carboxylic acids is 1. The molecule has 11 heteroatoms. The van der Waals surface area contributed by atoms with Crippen molar-refractivity contribution in [1.29, 1.82) is 0 Å². The van der Waals surface area contributed by atoms with Gasteiger partial charge in [-0.05, 0) is 41.7 Å². The monoisotopic (exact) mass is 621 g/mol. The van der Waals surface area contributed by atoms with Crippen LogP contribution in [0.3, 0.4) is 0 Å². The van der Waals surface area contributed by atoms with E-state index in [1.807, 2.05) is 48.5 Å². The van der Waals surface area contributed by atoms with Crippen LogP contribution in [-0.2, 0) is 32.2 Å². The Kier molecular flexibility index (Phi) is 12.7. The van der Waals surface area contributed by atoms with E-state index in [1.54, 1.807) is 12.3 Å². The molecular formula is C33H39N3O7S. The summed E-state index contributed by atoms with van der Waals surface area (Å²) < 4.78 is 12.8. The third kappa shape index (κ3) is 10.2. The zero-order valence-electron chi connectivity index (χ0n) is 24.7. The number of carbonyl (C=O) groups excluding carboxylic acids is 2. The van der Waals surface area contributed by atoms with Gasteiger partial charge in [0.25, 0.3) is 0 Å². The fraction of sp³-hybridized carbons (Fsp3) is 0.394. The molecule has 1 aliphatic heterocycles. The molecule has 3 aromatic rings. The van der Waals surface area contributed by atoms with Gasteiger partial charge < -0.3 is 30.3 Å². The van der Waals surface area contributed by atoms with Gasteiger partial charge in [-0.15, -0.1) is 11.8 Å². The van der Waals surface area contributed by atoms with Crippen molar-refractivity contribution in [1.82, 2.24) is 15.6 Å².